The van der Waals surface area contributed by atoms with Crippen molar-refractivity contribution in [2.75, 3.05) is 44.2 Å². The normalized spacial score (nSPS) is 26.4. The standard InChI is InChI=1S/C20H30N4O3.C3H4F2/c25-20(26)22-16-3-1-15(2-4-16)6-9-23-10-12-24(13-11-23)19-17-7-14-27-18(17)5-8-21-19;4-3(5)1-2-3/h5,8,15-16,22H,1-4,6-7,9-14H2,(H,25,26);1-2H2/t15-,16-;. The maximum Gasteiger partial charge on any atom is 0.404 e. The Morgan fingerprint density at radius 2 is 1.88 bits per heavy atom. The molecule has 3 heterocycles. The van der Waals surface area contributed by atoms with Gasteiger partial charge in [-0.15, -0.1) is 0 Å². The molecular weight excluding hydrogens is 418 g/mol. The third-order valence-electron chi connectivity index (χ3n) is 6.93. The largest absolute Gasteiger partial charge is 0.493 e. The van der Waals surface area contributed by atoms with Gasteiger partial charge in [-0.05, 0) is 50.6 Å². The number of fused-ring (bicyclic) bond motifs is 1. The van der Waals surface area contributed by atoms with Crippen molar-refractivity contribution in [3.8, 4) is 5.75 Å². The van der Waals surface area contributed by atoms with Crippen LogP contribution in [0, 0.1) is 5.92 Å². The lowest BCUT2D eigenvalue weighted by molar-refractivity contribution is 0.120. The molecule has 0 bridgehead atoms. The van der Waals surface area contributed by atoms with Gasteiger partial charge in [-0.3, -0.25) is 4.90 Å². The molecule has 178 valence electrons. The van der Waals surface area contributed by atoms with E-state index in [1.165, 1.54) is 12.0 Å². The first-order chi connectivity index (χ1) is 15.4. The van der Waals surface area contributed by atoms with Crippen LogP contribution >= 0.6 is 0 Å². The molecule has 1 amide bonds. The minimum Gasteiger partial charge on any atom is -0.493 e. The van der Waals surface area contributed by atoms with Gasteiger partial charge in [0.25, 0.3) is 0 Å². The van der Waals surface area contributed by atoms with Crippen LogP contribution in [0.25, 0.3) is 0 Å². The van der Waals surface area contributed by atoms with Crippen LogP contribution in [0.15, 0.2) is 12.3 Å². The van der Waals surface area contributed by atoms with E-state index in [9.17, 15) is 13.6 Å². The van der Waals surface area contributed by atoms with Crippen molar-refractivity contribution in [1.29, 1.82) is 0 Å². The third kappa shape index (κ3) is 6.43. The first kappa shape index (κ1) is 23.0. The van der Waals surface area contributed by atoms with E-state index in [4.69, 9.17) is 9.84 Å². The summed E-state index contributed by atoms with van der Waals surface area (Å²) >= 11 is 0. The average Bonchev–Trinajstić information content (AvgIpc) is 3.27. The Bertz CT molecular complexity index is 773. The zero-order chi connectivity index (χ0) is 22.6. The molecule has 0 radical (unpaired) electrons. The predicted octanol–water partition coefficient (Wildman–Crippen LogP) is 3.77. The van der Waals surface area contributed by atoms with Crippen LogP contribution in [0.2, 0.25) is 0 Å². The third-order valence-corrected chi connectivity index (χ3v) is 6.93. The number of piperazine rings is 1. The molecule has 7 nitrogen and oxygen atoms in total. The van der Waals surface area contributed by atoms with E-state index in [-0.39, 0.29) is 18.9 Å². The van der Waals surface area contributed by atoms with Gasteiger partial charge >= 0.3 is 6.09 Å². The van der Waals surface area contributed by atoms with Gasteiger partial charge in [0.1, 0.15) is 11.6 Å². The number of nitrogens with one attached hydrogen (secondary N) is 1. The number of alkyl halides is 2. The highest BCUT2D eigenvalue weighted by atomic mass is 19.3. The van der Waals surface area contributed by atoms with Crippen molar-refractivity contribution in [2.24, 2.45) is 5.92 Å². The van der Waals surface area contributed by atoms with Gasteiger partial charge in [-0.25, -0.2) is 18.6 Å². The fourth-order valence-electron chi connectivity index (χ4n) is 4.78. The molecule has 0 unspecified atom stereocenters. The second-order valence-electron chi connectivity index (χ2n) is 9.35. The summed E-state index contributed by atoms with van der Waals surface area (Å²) in [7, 11) is 0. The molecule has 0 atom stereocenters. The molecule has 4 aliphatic rings. The number of anilines is 1. The van der Waals surface area contributed by atoms with Crippen molar-refractivity contribution in [1.82, 2.24) is 15.2 Å². The molecule has 0 spiro atoms. The van der Waals surface area contributed by atoms with E-state index in [1.54, 1.807) is 0 Å². The summed E-state index contributed by atoms with van der Waals surface area (Å²) in [5, 5.41) is 11.5. The van der Waals surface area contributed by atoms with Crippen LogP contribution in [0.1, 0.15) is 50.5 Å². The Kier molecular flexibility index (Phi) is 7.33. The van der Waals surface area contributed by atoms with Crippen molar-refractivity contribution < 1.29 is 23.4 Å². The smallest absolute Gasteiger partial charge is 0.404 e. The molecule has 9 heteroatoms. The minimum absolute atomic E-state index is 0.118. The molecule has 2 aliphatic heterocycles. The van der Waals surface area contributed by atoms with E-state index < -0.39 is 12.0 Å². The average molecular weight is 453 g/mol. The van der Waals surface area contributed by atoms with Crippen LogP contribution in [0.3, 0.4) is 0 Å². The monoisotopic (exact) mass is 452 g/mol. The van der Waals surface area contributed by atoms with E-state index in [1.807, 2.05) is 12.3 Å². The summed E-state index contributed by atoms with van der Waals surface area (Å²) in [6.07, 6.45) is 7.67. The Hall–Kier alpha value is -2.16. The molecular formula is C23H34F2N4O3. The predicted molar refractivity (Wildman–Crippen MR) is 118 cm³/mol. The summed E-state index contributed by atoms with van der Waals surface area (Å²) < 4.78 is 27.9. The molecule has 3 fully saturated rings. The van der Waals surface area contributed by atoms with E-state index in [0.717, 1.165) is 88.9 Å². The second kappa shape index (κ2) is 10.2. The number of halogens is 2. The number of pyridine rings is 1. The molecule has 2 saturated carbocycles. The molecule has 2 aliphatic carbocycles. The lowest BCUT2D eigenvalue weighted by atomic mass is 9.84. The Morgan fingerprint density at radius 1 is 1.19 bits per heavy atom. The number of rotatable bonds is 5. The summed E-state index contributed by atoms with van der Waals surface area (Å²) in [5.74, 6) is 0.621. The van der Waals surface area contributed by atoms with Crippen molar-refractivity contribution in [3.63, 3.8) is 0 Å². The molecule has 1 aromatic heterocycles. The fraction of sp³-hybridized carbons (Fsp3) is 0.739. The number of ether oxygens (including phenoxy) is 1. The first-order valence-corrected chi connectivity index (χ1v) is 11.8. The number of hydrogen-bond donors (Lipinski definition) is 2. The molecule has 1 aromatic rings. The number of carbonyl (C=O) groups is 1. The number of amides is 1. The van der Waals surface area contributed by atoms with Crippen LogP contribution in [-0.4, -0.2) is 72.4 Å². The fourth-order valence-corrected chi connectivity index (χ4v) is 4.78. The minimum atomic E-state index is -2.25. The summed E-state index contributed by atoms with van der Waals surface area (Å²) in [6.45, 7) is 6.15. The van der Waals surface area contributed by atoms with Crippen molar-refractivity contribution >= 4 is 11.9 Å². The second-order valence-corrected chi connectivity index (χ2v) is 9.35. The molecule has 32 heavy (non-hydrogen) atoms. The van der Waals surface area contributed by atoms with Gasteiger partial charge in [0, 0.05) is 63.2 Å². The topological polar surface area (TPSA) is 77.9 Å². The Balaban J connectivity index is 0.000000433. The van der Waals surface area contributed by atoms with Crippen LogP contribution in [0.4, 0.5) is 19.4 Å². The van der Waals surface area contributed by atoms with Gasteiger partial charge < -0.3 is 20.1 Å². The van der Waals surface area contributed by atoms with E-state index >= 15 is 0 Å². The maximum absolute atomic E-state index is 11.1. The number of hydrogen-bond acceptors (Lipinski definition) is 5. The van der Waals surface area contributed by atoms with Crippen LogP contribution in [0.5, 0.6) is 5.75 Å². The van der Waals surface area contributed by atoms with Gasteiger partial charge in [-0.1, -0.05) is 0 Å². The zero-order valence-electron chi connectivity index (χ0n) is 18.6. The van der Waals surface area contributed by atoms with Gasteiger partial charge in [0.2, 0.25) is 5.92 Å². The molecule has 2 N–H and O–H groups in total. The van der Waals surface area contributed by atoms with Crippen molar-refractivity contribution in [2.45, 2.75) is 63.3 Å². The number of carboxylic acid groups (broad SMARTS) is 1. The van der Waals surface area contributed by atoms with Crippen LogP contribution < -0.4 is 15.0 Å². The Labute approximate surface area is 188 Å². The summed E-state index contributed by atoms with van der Waals surface area (Å²) in [5.41, 5.74) is 1.28. The molecule has 1 saturated heterocycles. The highest BCUT2D eigenvalue weighted by Gasteiger charge is 2.43. The van der Waals surface area contributed by atoms with Crippen molar-refractivity contribution in [3.05, 3.63) is 17.8 Å². The summed E-state index contributed by atoms with van der Waals surface area (Å²) in [6, 6.07) is 2.13. The highest BCUT2D eigenvalue weighted by Crippen LogP contribution is 2.40. The molecule has 5 rings (SSSR count). The van der Waals surface area contributed by atoms with Gasteiger partial charge in [0.15, 0.2) is 0 Å². The quantitative estimate of drug-likeness (QED) is 0.708. The van der Waals surface area contributed by atoms with E-state index in [0.29, 0.717) is 0 Å². The number of aromatic nitrogens is 1. The summed E-state index contributed by atoms with van der Waals surface area (Å²) in [4.78, 5) is 20.3. The highest BCUT2D eigenvalue weighted by molar-refractivity contribution is 5.64. The Morgan fingerprint density at radius 3 is 2.50 bits per heavy atom. The van der Waals surface area contributed by atoms with Crippen LogP contribution in [-0.2, 0) is 6.42 Å². The van der Waals surface area contributed by atoms with Gasteiger partial charge in [0.05, 0.1) is 6.61 Å². The first-order valence-electron chi connectivity index (χ1n) is 11.8. The maximum atomic E-state index is 11.1. The lowest BCUT2D eigenvalue weighted by Gasteiger charge is -2.37. The number of nitrogens with zero attached hydrogens (tertiary/aromatic N) is 3. The SMILES string of the molecule is FC1(F)CC1.O=C(O)N[C@H]1CC[C@H](CCN2CCN(c3nccc4c3CCO4)CC2)CC1. The zero-order valence-corrected chi connectivity index (χ0v) is 18.6. The molecule has 0 aromatic carbocycles. The lowest BCUT2D eigenvalue weighted by Crippen LogP contribution is -2.47. The van der Waals surface area contributed by atoms with Gasteiger partial charge in [-0.2, -0.15) is 0 Å². The van der Waals surface area contributed by atoms with E-state index in [2.05, 4.69) is 20.1 Å².